The van der Waals surface area contributed by atoms with E-state index < -0.39 is 0 Å². The molecule has 0 aliphatic heterocycles. The van der Waals surface area contributed by atoms with Crippen LogP contribution in [0.15, 0.2) is 47.5 Å². The van der Waals surface area contributed by atoms with Crippen LogP contribution in [-0.2, 0) is 4.79 Å². The largest absolute Gasteiger partial charge is 0.473 e. The molecule has 1 fully saturated rings. The van der Waals surface area contributed by atoms with Crippen LogP contribution in [0.5, 0.6) is 5.88 Å². The first-order valence-corrected chi connectivity index (χ1v) is 7.58. The summed E-state index contributed by atoms with van der Waals surface area (Å²) in [4.78, 5) is 19.5. The summed E-state index contributed by atoms with van der Waals surface area (Å²) in [6.45, 7) is 4.22. The number of hydrogen-bond donors (Lipinski definition) is 3. The minimum absolute atomic E-state index is 0.0398. The van der Waals surface area contributed by atoms with Gasteiger partial charge in [-0.05, 0) is 31.7 Å². The summed E-state index contributed by atoms with van der Waals surface area (Å²) >= 11 is 0. The van der Waals surface area contributed by atoms with Crippen molar-refractivity contribution in [2.24, 2.45) is 16.8 Å². The van der Waals surface area contributed by atoms with E-state index in [1.54, 1.807) is 12.1 Å². The van der Waals surface area contributed by atoms with Crippen LogP contribution >= 0.6 is 0 Å². The van der Waals surface area contributed by atoms with Crippen LogP contribution in [-0.4, -0.2) is 35.8 Å². The van der Waals surface area contributed by atoms with Crippen LogP contribution in [0, 0.1) is 5.92 Å². The Morgan fingerprint density at radius 3 is 2.92 bits per heavy atom. The second-order valence-electron chi connectivity index (χ2n) is 5.34. The third-order valence-electron chi connectivity index (χ3n) is 3.23. The van der Waals surface area contributed by atoms with Crippen molar-refractivity contribution in [2.75, 3.05) is 18.9 Å². The molecule has 1 amide bonds. The molecule has 1 aliphatic carbocycles. The highest BCUT2D eigenvalue weighted by atomic mass is 16.5. The van der Waals surface area contributed by atoms with Gasteiger partial charge in [-0.3, -0.25) is 4.79 Å². The van der Waals surface area contributed by atoms with E-state index in [4.69, 9.17) is 16.3 Å². The second kappa shape index (κ2) is 8.68. The number of hydrazine groups is 1. The Balaban J connectivity index is 1.71. The number of nitrogens with two attached hydrogens (primary N) is 2. The number of ether oxygens (including phenoxy) is 1. The van der Waals surface area contributed by atoms with Gasteiger partial charge in [-0.25, -0.2) is 15.8 Å². The summed E-state index contributed by atoms with van der Waals surface area (Å²) in [7, 11) is 0. The molecule has 8 nitrogen and oxygen atoms in total. The highest BCUT2D eigenvalue weighted by Crippen LogP contribution is 2.29. The van der Waals surface area contributed by atoms with Gasteiger partial charge in [0.05, 0.1) is 24.6 Å². The Labute approximate surface area is 140 Å². The number of nitrogens with zero attached hydrogens (tertiary/aromatic N) is 3. The fourth-order valence-electron chi connectivity index (χ4n) is 1.77. The standard InChI is InChI=1S/C16H22N6O2/c1-19-14(21-16(23)12-4-5-12)11-22(18)8-2-3-9-24-15-7-6-13(17)10-20-15/h2-3,6-7,10-12H,1,4-5,8-9,17-18H2,(H,21,23)/b3-2-,14-11+. The van der Waals surface area contributed by atoms with Crippen molar-refractivity contribution in [1.82, 2.24) is 15.3 Å². The summed E-state index contributed by atoms with van der Waals surface area (Å²) < 4.78 is 5.42. The van der Waals surface area contributed by atoms with Crippen LogP contribution in [0.1, 0.15) is 12.8 Å². The van der Waals surface area contributed by atoms with Gasteiger partial charge in [0.1, 0.15) is 12.4 Å². The maximum atomic E-state index is 11.7. The number of aliphatic imine (C=N–C) groups is 1. The lowest BCUT2D eigenvalue weighted by Gasteiger charge is -2.13. The Hall–Kier alpha value is -2.87. The van der Waals surface area contributed by atoms with Gasteiger partial charge in [0, 0.05) is 12.0 Å². The van der Waals surface area contributed by atoms with Crippen LogP contribution in [0.3, 0.4) is 0 Å². The van der Waals surface area contributed by atoms with E-state index in [1.807, 2.05) is 12.2 Å². The molecule has 1 heterocycles. The van der Waals surface area contributed by atoms with Crippen LogP contribution in [0.25, 0.3) is 0 Å². The van der Waals surface area contributed by atoms with Crippen LogP contribution in [0.2, 0.25) is 0 Å². The van der Waals surface area contributed by atoms with E-state index in [-0.39, 0.29) is 11.8 Å². The minimum Gasteiger partial charge on any atom is -0.473 e. The highest BCUT2D eigenvalue weighted by Gasteiger charge is 2.29. The van der Waals surface area contributed by atoms with E-state index in [2.05, 4.69) is 22.0 Å². The number of rotatable bonds is 9. The first-order chi connectivity index (χ1) is 11.6. The summed E-state index contributed by atoms with van der Waals surface area (Å²) in [5.41, 5.74) is 6.13. The van der Waals surface area contributed by atoms with Gasteiger partial charge < -0.3 is 20.8 Å². The molecule has 8 heteroatoms. The average Bonchev–Trinajstić information content (AvgIpc) is 3.40. The van der Waals surface area contributed by atoms with Crippen LogP contribution in [0.4, 0.5) is 5.69 Å². The Bertz CT molecular complexity index is 622. The molecular formula is C16H22N6O2. The van der Waals surface area contributed by atoms with E-state index in [0.29, 0.717) is 30.5 Å². The van der Waals surface area contributed by atoms with Crippen molar-refractivity contribution < 1.29 is 9.53 Å². The number of pyridine rings is 1. The fourth-order valence-corrected chi connectivity index (χ4v) is 1.77. The normalized spacial score (nSPS) is 14.5. The molecule has 1 saturated carbocycles. The smallest absolute Gasteiger partial charge is 0.228 e. The molecule has 0 spiro atoms. The maximum Gasteiger partial charge on any atom is 0.228 e. The summed E-state index contributed by atoms with van der Waals surface area (Å²) in [5.74, 6) is 6.72. The zero-order valence-electron chi connectivity index (χ0n) is 13.4. The summed E-state index contributed by atoms with van der Waals surface area (Å²) in [5, 5.41) is 4.09. The number of nitrogens with one attached hydrogen (secondary N) is 1. The van der Waals surface area contributed by atoms with Gasteiger partial charge in [0.2, 0.25) is 11.8 Å². The van der Waals surface area contributed by atoms with Gasteiger partial charge in [-0.2, -0.15) is 0 Å². The Morgan fingerprint density at radius 1 is 1.50 bits per heavy atom. The molecule has 2 rings (SSSR count). The number of amides is 1. The zero-order valence-corrected chi connectivity index (χ0v) is 13.4. The number of aromatic nitrogens is 1. The number of anilines is 1. The van der Waals surface area contributed by atoms with E-state index in [0.717, 1.165) is 12.8 Å². The van der Waals surface area contributed by atoms with Gasteiger partial charge in [0.25, 0.3) is 0 Å². The first-order valence-electron chi connectivity index (χ1n) is 7.58. The lowest BCUT2D eigenvalue weighted by Crippen LogP contribution is -2.30. The summed E-state index contributed by atoms with van der Waals surface area (Å²) in [6, 6.07) is 3.42. The molecule has 24 heavy (non-hydrogen) atoms. The predicted octanol–water partition coefficient (Wildman–Crippen LogP) is 0.800. The minimum atomic E-state index is -0.0398. The molecule has 128 valence electrons. The Morgan fingerprint density at radius 2 is 2.29 bits per heavy atom. The van der Waals surface area contributed by atoms with Crippen molar-refractivity contribution >= 4 is 18.3 Å². The lowest BCUT2D eigenvalue weighted by atomic mass is 10.4. The molecule has 1 aromatic heterocycles. The van der Waals surface area contributed by atoms with Crippen molar-refractivity contribution in [2.45, 2.75) is 12.8 Å². The average molecular weight is 330 g/mol. The molecule has 0 saturated heterocycles. The predicted molar refractivity (Wildman–Crippen MR) is 92.7 cm³/mol. The Kier molecular flexibility index (Phi) is 6.32. The highest BCUT2D eigenvalue weighted by molar-refractivity contribution is 5.82. The summed E-state index contributed by atoms with van der Waals surface area (Å²) in [6.07, 6.45) is 8.56. The maximum absolute atomic E-state index is 11.7. The molecule has 0 unspecified atom stereocenters. The quantitative estimate of drug-likeness (QED) is 0.267. The van der Waals surface area contributed by atoms with Gasteiger partial charge in [-0.15, -0.1) is 0 Å². The number of nitrogen functional groups attached to an aromatic ring is 1. The number of hydrogen-bond acceptors (Lipinski definition) is 7. The fraction of sp³-hybridized carbons (Fsp3) is 0.312. The molecule has 0 atom stereocenters. The van der Waals surface area contributed by atoms with Crippen LogP contribution < -0.4 is 21.6 Å². The first kappa shape index (κ1) is 17.5. The van der Waals surface area contributed by atoms with E-state index in [9.17, 15) is 4.79 Å². The van der Waals surface area contributed by atoms with Gasteiger partial charge in [-0.1, -0.05) is 6.08 Å². The van der Waals surface area contributed by atoms with Crippen molar-refractivity contribution in [3.63, 3.8) is 0 Å². The van der Waals surface area contributed by atoms with Crippen molar-refractivity contribution in [3.05, 3.63) is 42.5 Å². The molecule has 0 radical (unpaired) electrons. The topological polar surface area (TPSA) is 119 Å². The second-order valence-corrected chi connectivity index (χ2v) is 5.34. The van der Waals surface area contributed by atoms with Crippen molar-refractivity contribution in [3.8, 4) is 5.88 Å². The van der Waals surface area contributed by atoms with E-state index >= 15 is 0 Å². The molecule has 1 aromatic rings. The SMILES string of the molecule is C=N/C(=C\N(N)C/C=C\COc1ccc(N)cn1)NC(=O)C1CC1. The van der Waals surface area contributed by atoms with Crippen molar-refractivity contribution in [1.29, 1.82) is 0 Å². The number of carbonyl (C=O) groups excluding carboxylic acids is 1. The van der Waals surface area contributed by atoms with Gasteiger partial charge in [0.15, 0.2) is 0 Å². The van der Waals surface area contributed by atoms with Gasteiger partial charge >= 0.3 is 0 Å². The lowest BCUT2D eigenvalue weighted by molar-refractivity contribution is -0.121. The molecule has 0 aromatic carbocycles. The molecule has 5 N–H and O–H groups in total. The monoisotopic (exact) mass is 330 g/mol. The molecule has 1 aliphatic rings. The third kappa shape index (κ3) is 6.09. The molecule has 0 bridgehead atoms. The number of carbonyl (C=O) groups is 1. The third-order valence-corrected chi connectivity index (χ3v) is 3.23. The molecular weight excluding hydrogens is 308 g/mol. The van der Waals surface area contributed by atoms with E-state index in [1.165, 1.54) is 17.4 Å². The zero-order chi connectivity index (χ0) is 17.4.